The molecule has 0 radical (unpaired) electrons. The summed E-state index contributed by atoms with van der Waals surface area (Å²) in [6.45, 7) is 2.21. The van der Waals surface area contributed by atoms with Gasteiger partial charge in [0.1, 0.15) is 11.5 Å². The van der Waals surface area contributed by atoms with Crippen LogP contribution in [0, 0.1) is 0 Å². The molecule has 0 saturated heterocycles. The highest BCUT2D eigenvalue weighted by atomic mass is 16.5. The fraction of sp³-hybridized carbons (Fsp3) is 0.400. The smallest absolute Gasteiger partial charge is 0.130 e. The van der Waals surface area contributed by atoms with E-state index in [0.29, 0.717) is 0 Å². The largest absolute Gasteiger partial charge is 0.461 e. The maximum absolute atomic E-state index is 5.84. The van der Waals surface area contributed by atoms with E-state index >= 15 is 0 Å². The molecule has 1 nitrogen and oxygen atoms in total. The van der Waals surface area contributed by atoms with Gasteiger partial charge in [0.05, 0.1) is 0 Å². The summed E-state index contributed by atoms with van der Waals surface area (Å²) < 4.78 is 5.84. The van der Waals surface area contributed by atoms with Crippen molar-refractivity contribution in [1.29, 1.82) is 0 Å². The molecule has 0 spiro atoms. The van der Waals surface area contributed by atoms with E-state index in [1.807, 2.05) is 12.2 Å². The van der Waals surface area contributed by atoms with Gasteiger partial charge < -0.3 is 4.74 Å². The van der Waals surface area contributed by atoms with Crippen LogP contribution in [-0.4, -0.2) is 0 Å². The van der Waals surface area contributed by atoms with Crippen LogP contribution in [0.25, 0.3) is 0 Å². The molecule has 1 heteroatoms. The summed E-state index contributed by atoms with van der Waals surface area (Å²) in [5.74, 6) is 2.01. The van der Waals surface area contributed by atoms with Crippen molar-refractivity contribution in [2.45, 2.75) is 39.0 Å². The lowest BCUT2D eigenvalue weighted by Crippen LogP contribution is -1.92. The second kappa shape index (κ2) is 5.58. The molecule has 0 heterocycles. The minimum Gasteiger partial charge on any atom is -0.461 e. The molecule has 0 aromatic rings. The zero-order valence-electron chi connectivity index (χ0n) is 9.83. The molecular formula is C15H18O. The maximum atomic E-state index is 5.84. The van der Waals surface area contributed by atoms with Crippen molar-refractivity contribution in [1.82, 2.24) is 0 Å². The summed E-state index contributed by atoms with van der Waals surface area (Å²) in [4.78, 5) is 0. The van der Waals surface area contributed by atoms with Crippen LogP contribution in [0.5, 0.6) is 0 Å². The van der Waals surface area contributed by atoms with Gasteiger partial charge in [0.15, 0.2) is 0 Å². The fourth-order valence-corrected chi connectivity index (χ4v) is 1.91. The van der Waals surface area contributed by atoms with Gasteiger partial charge in [-0.05, 0) is 43.9 Å². The fourth-order valence-electron chi connectivity index (χ4n) is 1.91. The summed E-state index contributed by atoms with van der Waals surface area (Å²) in [5, 5.41) is 0. The molecular weight excluding hydrogens is 196 g/mol. The van der Waals surface area contributed by atoms with E-state index in [4.69, 9.17) is 4.74 Å². The predicted molar refractivity (Wildman–Crippen MR) is 66.7 cm³/mol. The van der Waals surface area contributed by atoms with Crippen LogP contribution in [0.15, 0.2) is 53.2 Å². The highest BCUT2D eigenvalue weighted by Crippen LogP contribution is 2.23. The van der Waals surface area contributed by atoms with Gasteiger partial charge in [0, 0.05) is 12.5 Å². The topological polar surface area (TPSA) is 9.23 Å². The first-order valence-corrected chi connectivity index (χ1v) is 6.06. The Morgan fingerprint density at radius 1 is 1.31 bits per heavy atom. The maximum Gasteiger partial charge on any atom is 0.130 e. The number of rotatable bonds is 3. The molecule has 0 aliphatic heterocycles. The molecule has 16 heavy (non-hydrogen) atoms. The second-order valence-corrected chi connectivity index (χ2v) is 4.12. The minimum atomic E-state index is 0.926. The molecule has 0 amide bonds. The lowest BCUT2D eigenvalue weighted by Gasteiger charge is -2.09. The van der Waals surface area contributed by atoms with E-state index < -0.39 is 0 Å². The summed E-state index contributed by atoms with van der Waals surface area (Å²) in [6.07, 6.45) is 15.8. The number of allylic oxidation sites excluding steroid dienone is 6. The highest BCUT2D eigenvalue weighted by molar-refractivity contribution is 5.23. The monoisotopic (exact) mass is 214 g/mol. The predicted octanol–water partition coefficient (Wildman–Crippen LogP) is 4.41. The van der Waals surface area contributed by atoms with Gasteiger partial charge in [-0.15, -0.1) is 5.73 Å². The second-order valence-electron chi connectivity index (χ2n) is 4.12. The molecule has 2 aliphatic carbocycles. The van der Waals surface area contributed by atoms with Gasteiger partial charge in [-0.25, -0.2) is 0 Å². The quantitative estimate of drug-likeness (QED) is 0.632. The van der Waals surface area contributed by atoms with Gasteiger partial charge in [0.2, 0.25) is 0 Å². The van der Waals surface area contributed by atoms with E-state index in [9.17, 15) is 0 Å². The van der Waals surface area contributed by atoms with Gasteiger partial charge in [-0.1, -0.05) is 18.6 Å². The first-order chi connectivity index (χ1) is 7.88. The average molecular weight is 214 g/mol. The van der Waals surface area contributed by atoms with Gasteiger partial charge in [-0.2, -0.15) is 0 Å². The Labute approximate surface area is 97.5 Å². The molecule has 0 fully saturated rings. The van der Waals surface area contributed by atoms with Crippen molar-refractivity contribution in [3.63, 3.8) is 0 Å². The average Bonchev–Trinajstić information content (AvgIpc) is 2.56. The Morgan fingerprint density at radius 3 is 3.00 bits per heavy atom. The molecule has 0 N–H and O–H groups in total. The zero-order valence-corrected chi connectivity index (χ0v) is 9.83. The number of hydrogen-bond donors (Lipinski definition) is 0. The first kappa shape index (κ1) is 11.0. The van der Waals surface area contributed by atoms with E-state index in [-0.39, 0.29) is 0 Å². The molecule has 2 aliphatic rings. The minimum absolute atomic E-state index is 0.926. The Kier molecular flexibility index (Phi) is 3.85. The Bertz CT molecular complexity index is 401. The summed E-state index contributed by atoms with van der Waals surface area (Å²) in [6, 6.07) is 0. The highest BCUT2D eigenvalue weighted by Gasteiger charge is 2.06. The van der Waals surface area contributed by atoms with Crippen molar-refractivity contribution < 1.29 is 4.74 Å². The van der Waals surface area contributed by atoms with Crippen molar-refractivity contribution >= 4 is 0 Å². The third kappa shape index (κ3) is 3.01. The third-order valence-electron chi connectivity index (χ3n) is 2.91. The lowest BCUT2D eigenvalue weighted by molar-refractivity contribution is 0.301. The molecule has 2 rings (SSSR count). The van der Waals surface area contributed by atoms with Crippen LogP contribution in [-0.2, 0) is 4.74 Å². The van der Waals surface area contributed by atoms with Crippen molar-refractivity contribution in [2.24, 2.45) is 0 Å². The summed E-state index contributed by atoms with van der Waals surface area (Å²) >= 11 is 0. The van der Waals surface area contributed by atoms with Gasteiger partial charge in [0.25, 0.3) is 0 Å². The standard InChI is InChI=1S/C15H18O/c1-2-13-7-6-10-15(12-11-13)16-14-8-4-3-5-9-14/h3,8-9,11-12H,2,4,6-7,10H2,1H3. The van der Waals surface area contributed by atoms with E-state index in [0.717, 1.165) is 30.8 Å². The van der Waals surface area contributed by atoms with Gasteiger partial charge >= 0.3 is 0 Å². The van der Waals surface area contributed by atoms with Crippen LogP contribution in [0.4, 0.5) is 0 Å². The molecule has 0 aromatic heterocycles. The Balaban J connectivity index is 2.02. The Morgan fingerprint density at radius 2 is 2.25 bits per heavy atom. The van der Waals surface area contributed by atoms with E-state index in [1.165, 1.54) is 18.4 Å². The zero-order chi connectivity index (χ0) is 11.2. The molecule has 0 atom stereocenters. The molecule has 0 unspecified atom stereocenters. The van der Waals surface area contributed by atoms with Crippen LogP contribution in [0.1, 0.15) is 39.0 Å². The SMILES string of the molecule is CCC1=CC=C(OC2=CCC=C=C2)CCC1. The van der Waals surface area contributed by atoms with Crippen LogP contribution in [0.3, 0.4) is 0 Å². The first-order valence-electron chi connectivity index (χ1n) is 6.06. The lowest BCUT2D eigenvalue weighted by atomic mass is 10.1. The normalized spacial score (nSPS) is 19.7. The van der Waals surface area contributed by atoms with Crippen LogP contribution in [0.2, 0.25) is 0 Å². The van der Waals surface area contributed by atoms with Crippen molar-refractivity contribution in [2.75, 3.05) is 0 Å². The van der Waals surface area contributed by atoms with E-state index in [1.54, 1.807) is 0 Å². The van der Waals surface area contributed by atoms with Crippen LogP contribution >= 0.6 is 0 Å². The number of hydrogen-bond acceptors (Lipinski definition) is 1. The van der Waals surface area contributed by atoms with Crippen LogP contribution < -0.4 is 0 Å². The summed E-state index contributed by atoms with van der Waals surface area (Å²) in [5.41, 5.74) is 4.59. The Hall–Kier alpha value is -1.46. The van der Waals surface area contributed by atoms with E-state index in [2.05, 4.69) is 30.9 Å². The molecule has 0 saturated carbocycles. The molecule has 84 valence electrons. The molecule has 0 bridgehead atoms. The summed E-state index contributed by atoms with van der Waals surface area (Å²) in [7, 11) is 0. The van der Waals surface area contributed by atoms with Crippen molar-refractivity contribution in [3.05, 3.63) is 53.2 Å². The number of ether oxygens (including phenoxy) is 1. The van der Waals surface area contributed by atoms with Crippen molar-refractivity contribution in [3.8, 4) is 0 Å². The van der Waals surface area contributed by atoms with Gasteiger partial charge in [-0.3, -0.25) is 0 Å². The molecule has 0 aromatic carbocycles. The third-order valence-corrected chi connectivity index (χ3v) is 2.91.